The van der Waals surface area contributed by atoms with Crippen LogP contribution in [0.5, 0.6) is 0 Å². The van der Waals surface area contributed by atoms with Crippen molar-refractivity contribution in [3.63, 3.8) is 0 Å². The third-order valence-corrected chi connectivity index (χ3v) is 1.73. The SMILES string of the molecule is CC(O)P(=O)(O)O.NO[P+](=O)O. The molecule has 0 amide bonds. The van der Waals surface area contributed by atoms with E-state index < -0.39 is 21.7 Å². The van der Waals surface area contributed by atoms with Gasteiger partial charge >= 0.3 is 15.9 Å². The Bertz CT molecular complexity index is 174. The van der Waals surface area contributed by atoms with E-state index in [-0.39, 0.29) is 0 Å². The quantitative estimate of drug-likeness (QED) is 0.295. The molecule has 0 bridgehead atoms. The summed E-state index contributed by atoms with van der Waals surface area (Å²) in [6.07, 6.45) is 0. The number of aliphatic hydroxyl groups is 1. The maximum Gasteiger partial charge on any atom is 0.713 e. The van der Waals surface area contributed by atoms with Gasteiger partial charge in [-0.3, -0.25) is 4.57 Å². The lowest BCUT2D eigenvalue weighted by molar-refractivity contribution is 0.218. The lowest BCUT2D eigenvalue weighted by atomic mass is 10.9. The van der Waals surface area contributed by atoms with Crippen LogP contribution in [0.4, 0.5) is 0 Å². The molecule has 2 atom stereocenters. The van der Waals surface area contributed by atoms with Gasteiger partial charge in [0.05, 0.1) is 0 Å². The predicted molar refractivity (Wildman–Crippen MR) is 38.8 cm³/mol. The third kappa shape index (κ3) is 12.7. The summed E-state index contributed by atoms with van der Waals surface area (Å²) in [6, 6.07) is 0. The van der Waals surface area contributed by atoms with E-state index in [1.54, 1.807) is 0 Å². The van der Waals surface area contributed by atoms with E-state index in [2.05, 4.69) is 10.5 Å². The number of hydrogen-bond donors (Lipinski definition) is 5. The molecule has 0 rings (SSSR count). The largest absolute Gasteiger partial charge is 0.713 e. The summed E-state index contributed by atoms with van der Waals surface area (Å²) in [4.78, 5) is 23.4. The van der Waals surface area contributed by atoms with Gasteiger partial charge in [0.2, 0.25) is 0 Å². The molecule has 0 spiro atoms. The molecule has 0 fully saturated rings. The highest BCUT2D eigenvalue weighted by Gasteiger charge is 2.19. The van der Waals surface area contributed by atoms with Gasteiger partial charge in [0.25, 0.3) is 0 Å². The Hall–Kier alpha value is 0.0900. The maximum absolute atomic E-state index is 9.78. The number of nitrogens with two attached hydrogens (primary N) is 1. The van der Waals surface area contributed by atoms with E-state index in [0.717, 1.165) is 6.92 Å². The molecule has 0 heterocycles. The Balaban J connectivity index is 0. The zero-order valence-electron chi connectivity index (χ0n) is 6.06. The molecule has 0 saturated carbocycles. The normalized spacial score (nSPS) is 14.3. The Morgan fingerprint density at radius 1 is 1.58 bits per heavy atom. The topological polar surface area (TPSA) is 150 Å². The Kier molecular flexibility index (Phi) is 8.02. The standard InChI is InChI=1S/C2H7O4P.H2NO3P/c1-2(3)7(4,5)6;1-4-5(2)3/h2-3H,1H3,(H2,4,5,6);1H2/p+1. The van der Waals surface area contributed by atoms with Gasteiger partial charge in [-0.25, -0.2) is 0 Å². The van der Waals surface area contributed by atoms with Crippen LogP contribution in [0.15, 0.2) is 0 Å². The molecule has 8 nitrogen and oxygen atoms in total. The minimum Gasteiger partial charge on any atom is -0.381 e. The highest BCUT2D eigenvalue weighted by molar-refractivity contribution is 7.52. The van der Waals surface area contributed by atoms with Gasteiger partial charge in [-0.2, -0.15) is 5.90 Å². The molecule has 74 valence electrons. The van der Waals surface area contributed by atoms with Crippen molar-refractivity contribution in [2.75, 3.05) is 0 Å². The van der Waals surface area contributed by atoms with Crippen molar-refractivity contribution in [2.45, 2.75) is 12.8 Å². The second-order valence-corrected chi connectivity index (χ2v) is 4.18. The molecule has 2 unspecified atom stereocenters. The summed E-state index contributed by atoms with van der Waals surface area (Å²) >= 11 is 0. The molecule has 12 heavy (non-hydrogen) atoms. The highest BCUT2D eigenvalue weighted by atomic mass is 31.2. The molecule has 0 aromatic heterocycles. The monoisotopic (exact) mass is 222 g/mol. The van der Waals surface area contributed by atoms with E-state index >= 15 is 0 Å². The fourth-order valence-corrected chi connectivity index (χ4v) is 0. The van der Waals surface area contributed by atoms with E-state index in [1.807, 2.05) is 0 Å². The van der Waals surface area contributed by atoms with E-state index in [1.165, 1.54) is 0 Å². The Morgan fingerprint density at radius 2 is 1.75 bits per heavy atom. The third-order valence-electron chi connectivity index (χ3n) is 0.577. The maximum atomic E-state index is 9.78. The summed E-state index contributed by atoms with van der Waals surface area (Å²) in [7, 11) is -6.75. The number of rotatable bonds is 2. The summed E-state index contributed by atoms with van der Waals surface area (Å²) in [5, 5.41) is 8.13. The molecule has 0 aromatic carbocycles. The number of aliphatic hydroxyl groups excluding tert-OH is 1. The first-order chi connectivity index (χ1) is 5.21. The van der Waals surface area contributed by atoms with Crippen LogP contribution in [0.3, 0.4) is 0 Å². The molecule has 0 saturated heterocycles. The van der Waals surface area contributed by atoms with Gasteiger partial charge in [0.1, 0.15) is 0 Å². The molecule has 0 aliphatic rings. The smallest absolute Gasteiger partial charge is 0.381 e. The molecule has 0 aromatic rings. The molecule has 10 heteroatoms. The first kappa shape index (κ1) is 14.6. The van der Waals surface area contributed by atoms with Gasteiger partial charge in [-0.05, 0) is 11.5 Å². The summed E-state index contributed by atoms with van der Waals surface area (Å²) < 4.78 is 22.3. The number of hydrogen-bond acceptors (Lipinski definition) is 5. The van der Waals surface area contributed by atoms with E-state index in [9.17, 15) is 4.57 Å². The Morgan fingerprint density at radius 3 is 1.75 bits per heavy atom. The van der Waals surface area contributed by atoms with Crippen molar-refractivity contribution in [3.05, 3.63) is 0 Å². The predicted octanol–water partition coefficient (Wildman–Crippen LogP) is -0.971. The van der Waals surface area contributed by atoms with Crippen molar-refractivity contribution >= 4 is 15.9 Å². The molecule has 0 aliphatic carbocycles. The average molecular weight is 222 g/mol. The first-order valence-electron chi connectivity index (χ1n) is 2.48. The van der Waals surface area contributed by atoms with Crippen LogP contribution in [0.25, 0.3) is 0 Å². The van der Waals surface area contributed by atoms with Crippen LogP contribution in [0.1, 0.15) is 6.92 Å². The second kappa shape index (κ2) is 6.59. The van der Waals surface area contributed by atoms with Crippen molar-refractivity contribution in [1.29, 1.82) is 0 Å². The zero-order valence-corrected chi connectivity index (χ0v) is 7.85. The van der Waals surface area contributed by atoms with Crippen molar-refractivity contribution < 1.29 is 33.5 Å². The minimum atomic E-state index is -4.18. The summed E-state index contributed by atoms with van der Waals surface area (Å²) in [6.45, 7) is 1.04. The second-order valence-electron chi connectivity index (χ2n) is 1.56. The Labute approximate surface area is 69.0 Å². The fourth-order valence-electron chi connectivity index (χ4n) is 0. The summed E-state index contributed by atoms with van der Waals surface area (Å²) in [5.41, 5.74) is 0. The minimum absolute atomic E-state index is 1.04. The zero-order chi connectivity index (χ0) is 10.4. The van der Waals surface area contributed by atoms with Crippen LogP contribution in [0, 0.1) is 0 Å². The van der Waals surface area contributed by atoms with Gasteiger partial charge in [-0.1, -0.05) is 0 Å². The lowest BCUT2D eigenvalue weighted by Gasteiger charge is -2.03. The highest BCUT2D eigenvalue weighted by Crippen LogP contribution is 2.38. The van der Waals surface area contributed by atoms with Gasteiger partial charge in [0, 0.05) is 4.57 Å². The summed E-state index contributed by atoms with van der Waals surface area (Å²) in [5.74, 6) is 2.60. The van der Waals surface area contributed by atoms with Crippen LogP contribution >= 0.6 is 15.9 Å². The molecular formula is C2H10NO7P2+. The van der Waals surface area contributed by atoms with Crippen molar-refractivity contribution in [1.82, 2.24) is 0 Å². The van der Waals surface area contributed by atoms with Gasteiger partial charge < -0.3 is 14.9 Å². The fraction of sp³-hybridized carbons (Fsp3) is 1.00. The van der Waals surface area contributed by atoms with Crippen LogP contribution in [-0.4, -0.2) is 25.6 Å². The van der Waals surface area contributed by atoms with Crippen LogP contribution in [0.2, 0.25) is 0 Å². The molecule has 0 radical (unpaired) electrons. The van der Waals surface area contributed by atoms with Crippen molar-refractivity contribution in [3.8, 4) is 0 Å². The average Bonchev–Trinajstić information content (AvgIpc) is 1.87. The van der Waals surface area contributed by atoms with Gasteiger partial charge in [-0.15, -0.1) is 4.89 Å². The van der Waals surface area contributed by atoms with Crippen LogP contribution in [-0.2, 0) is 13.8 Å². The van der Waals surface area contributed by atoms with E-state index in [0.29, 0.717) is 0 Å². The first-order valence-corrected chi connectivity index (χ1v) is 5.29. The molecular weight excluding hydrogens is 212 g/mol. The van der Waals surface area contributed by atoms with Gasteiger partial charge in [0.15, 0.2) is 5.85 Å². The lowest BCUT2D eigenvalue weighted by Crippen LogP contribution is -1.98. The molecule has 0 aliphatic heterocycles. The van der Waals surface area contributed by atoms with Crippen LogP contribution < -0.4 is 5.90 Å². The van der Waals surface area contributed by atoms with E-state index in [4.69, 9.17) is 24.4 Å². The van der Waals surface area contributed by atoms with Crippen molar-refractivity contribution in [2.24, 2.45) is 5.90 Å². The molecule has 6 N–H and O–H groups in total.